The van der Waals surface area contributed by atoms with Gasteiger partial charge >= 0.3 is 6.03 Å². The summed E-state index contributed by atoms with van der Waals surface area (Å²) in [5.41, 5.74) is 8.41. The number of nitrogens with two attached hydrogens (primary N) is 1. The molecule has 2 aliphatic rings. The van der Waals surface area contributed by atoms with Gasteiger partial charge in [0.2, 0.25) is 5.95 Å². The van der Waals surface area contributed by atoms with Crippen LogP contribution in [0.1, 0.15) is 31.7 Å². The molecule has 10 heteroatoms. The Bertz CT molecular complexity index is 1180. The maximum Gasteiger partial charge on any atom is 0.314 e. The zero-order valence-electron chi connectivity index (χ0n) is 17.8. The topological polar surface area (TPSA) is 122 Å². The maximum absolute atomic E-state index is 12.6. The lowest BCUT2D eigenvalue weighted by Gasteiger charge is -2.35. The van der Waals surface area contributed by atoms with Crippen LogP contribution in [0.4, 0.5) is 22.1 Å². The summed E-state index contributed by atoms with van der Waals surface area (Å²) in [5.74, 6) is 0.359. The molecule has 2 fully saturated rings. The van der Waals surface area contributed by atoms with Crippen LogP contribution in [0, 0.1) is 0 Å². The number of carbonyl (C=O) groups is 1. The third-order valence-electron chi connectivity index (χ3n) is 6.31. The van der Waals surface area contributed by atoms with Gasteiger partial charge in [0.1, 0.15) is 5.52 Å². The molecule has 0 unspecified atom stereocenters. The average molecular weight is 435 g/mol. The number of aromatic nitrogens is 4. The zero-order valence-corrected chi connectivity index (χ0v) is 17.8. The van der Waals surface area contributed by atoms with Gasteiger partial charge in [-0.05, 0) is 43.2 Å². The quantitative estimate of drug-likeness (QED) is 0.646. The summed E-state index contributed by atoms with van der Waals surface area (Å²) < 4.78 is 1.77. The van der Waals surface area contributed by atoms with Crippen LogP contribution in [0.15, 0.2) is 41.2 Å². The second-order valence-electron chi connectivity index (χ2n) is 8.31. The second kappa shape index (κ2) is 8.45. The summed E-state index contributed by atoms with van der Waals surface area (Å²) in [6.07, 6.45) is 4.23. The molecule has 0 atom stereocenters. The minimum Gasteiger partial charge on any atom is -0.368 e. The Morgan fingerprint density at radius 1 is 0.969 bits per heavy atom. The lowest BCUT2D eigenvalue weighted by molar-refractivity contribution is 0.204. The van der Waals surface area contributed by atoms with Crippen LogP contribution >= 0.6 is 0 Å². The Morgan fingerprint density at radius 3 is 2.38 bits per heavy atom. The van der Waals surface area contributed by atoms with Crippen molar-refractivity contribution in [2.75, 3.05) is 36.4 Å². The fourth-order valence-corrected chi connectivity index (χ4v) is 4.58. The lowest BCUT2D eigenvalue weighted by atomic mass is 10.2. The number of urea groups is 1. The van der Waals surface area contributed by atoms with E-state index in [1.165, 1.54) is 0 Å². The van der Waals surface area contributed by atoms with Gasteiger partial charge in [0.05, 0.1) is 0 Å². The van der Waals surface area contributed by atoms with E-state index in [1.807, 2.05) is 24.3 Å². The highest BCUT2D eigenvalue weighted by molar-refractivity contribution is 5.73. The number of hydrogen-bond acceptors (Lipinski definition) is 7. The molecule has 1 saturated carbocycles. The Hall–Kier alpha value is -3.69. The van der Waals surface area contributed by atoms with Gasteiger partial charge in [0, 0.05) is 49.7 Å². The van der Waals surface area contributed by atoms with E-state index < -0.39 is 0 Å². The first-order chi connectivity index (χ1) is 15.6. The molecule has 0 bridgehead atoms. The predicted octanol–water partition coefficient (Wildman–Crippen LogP) is 2.25. The standard InChI is InChI=1S/C22H26N8O2/c23-21(32)29-13-11-28(12-14-29)16-7-5-15(6-8-16)24-22-25-20-18(26-27-22)9-10-19(31)30(20)17-3-1-2-4-17/h5-10,17H,1-4,11-14H2,(H2,23,32)(H,24,25,27). The van der Waals surface area contributed by atoms with Crippen LogP contribution in [0.3, 0.4) is 0 Å². The van der Waals surface area contributed by atoms with Crippen molar-refractivity contribution in [3.05, 3.63) is 46.8 Å². The summed E-state index contributed by atoms with van der Waals surface area (Å²) in [6, 6.07) is 11.0. The van der Waals surface area contributed by atoms with Crippen molar-refractivity contribution in [2.24, 2.45) is 5.73 Å². The number of nitrogens with zero attached hydrogens (tertiary/aromatic N) is 6. The number of anilines is 3. The molecular formula is C22H26N8O2. The van der Waals surface area contributed by atoms with Gasteiger partial charge < -0.3 is 20.9 Å². The number of primary amides is 1. The number of amides is 2. The van der Waals surface area contributed by atoms with Crippen molar-refractivity contribution < 1.29 is 4.79 Å². The molecular weight excluding hydrogens is 408 g/mol. The van der Waals surface area contributed by atoms with Gasteiger partial charge in [0.15, 0.2) is 5.65 Å². The minimum atomic E-state index is -0.369. The van der Waals surface area contributed by atoms with Crippen LogP contribution in [0.25, 0.3) is 11.2 Å². The molecule has 2 aromatic heterocycles. The molecule has 2 amide bonds. The van der Waals surface area contributed by atoms with E-state index in [0.29, 0.717) is 30.2 Å². The molecule has 166 valence electrons. The van der Waals surface area contributed by atoms with Gasteiger partial charge in [-0.15, -0.1) is 10.2 Å². The number of nitrogens with one attached hydrogen (secondary N) is 1. The number of piperazine rings is 1. The molecule has 1 aliphatic heterocycles. The highest BCUT2D eigenvalue weighted by atomic mass is 16.2. The van der Waals surface area contributed by atoms with Crippen LogP contribution in [0.2, 0.25) is 0 Å². The molecule has 5 rings (SSSR count). The van der Waals surface area contributed by atoms with Crippen LogP contribution in [0.5, 0.6) is 0 Å². The summed E-state index contributed by atoms with van der Waals surface area (Å²) in [7, 11) is 0. The average Bonchev–Trinajstić information content (AvgIpc) is 3.34. The van der Waals surface area contributed by atoms with E-state index in [4.69, 9.17) is 5.73 Å². The summed E-state index contributed by atoms with van der Waals surface area (Å²) in [6.45, 7) is 2.72. The fourth-order valence-electron chi connectivity index (χ4n) is 4.58. The number of pyridine rings is 1. The van der Waals surface area contributed by atoms with Gasteiger partial charge in [0.25, 0.3) is 5.56 Å². The number of hydrogen-bond donors (Lipinski definition) is 2. The van der Waals surface area contributed by atoms with Crippen molar-refractivity contribution >= 4 is 34.5 Å². The smallest absolute Gasteiger partial charge is 0.314 e. The molecule has 1 aliphatic carbocycles. The number of fused-ring (bicyclic) bond motifs is 1. The molecule has 0 spiro atoms. The molecule has 3 heterocycles. The van der Waals surface area contributed by atoms with Crippen molar-refractivity contribution in [3.8, 4) is 0 Å². The van der Waals surface area contributed by atoms with Gasteiger partial charge in [-0.1, -0.05) is 12.8 Å². The predicted molar refractivity (Wildman–Crippen MR) is 122 cm³/mol. The SMILES string of the molecule is NC(=O)N1CCN(c2ccc(Nc3nnc4ccc(=O)n(C5CCCC5)c4n3)cc2)CC1. The second-order valence-corrected chi connectivity index (χ2v) is 8.31. The number of benzene rings is 1. The van der Waals surface area contributed by atoms with E-state index in [9.17, 15) is 9.59 Å². The molecule has 3 aromatic rings. The van der Waals surface area contributed by atoms with Gasteiger partial charge in [-0.2, -0.15) is 4.98 Å². The van der Waals surface area contributed by atoms with Gasteiger partial charge in [-0.25, -0.2) is 4.79 Å². The molecule has 1 saturated heterocycles. The first kappa shape index (κ1) is 20.2. The fraction of sp³-hybridized carbons (Fsp3) is 0.409. The third kappa shape index (κ3) is 3.95. The monoisotopic (exact) mass is 434 g/mol. The van der Waals surface area contributed by atoms with E-state index >= 15 is 0 Å². The van der Waals surface area contributed by atoms with Crippen molar-refractivity contribution in [1.82, 2.24) is 24.6 Å². The van der Waals surface area contributed by atoms with Crippen molar-refractivity contribution in [3.63, 3.8) is 0 Å². The molecule has 32 heavy (non-hydrogen) atoms. The zero-order chi connectivity index (χ0) is 22.1. The number of carbonyl (C=O) groups excluding carboxylic acids is 1. The van der Waals surface area contributed by atoms with E-state index in [-0.39, 0.29) is 17.6 Å². The van der Waals surface area contributed by atoms with E-state index in [0.717, 1.165) is 50.1 Å². The van der Waals surface area contributed by atoms with E-state index in [1.54, 1.807) is 21.6 Å². The Morgan fingerprint density at radius 2 is 1.69 bits per heavy atom. The minimum absolute atomic E-state index is 0.0448. The molecule has 3 N–H and O–H groups in total. The molecule has 1 aromatic carbocycles. The van der Waals surface area contributed by atoms with Gasteiger partial charge in [-0.3, -0.25) is 9.36 Å². The lowest BCUT2D eigenvalue weighted by Crippen LogP contribution is -2.50. The third-order valence-corrected chi connectivity index (χ3v) is 6.31. The van der Waals surface area contributed by atoms with Crippen LogP contribution in [-0.4, -0.2) is 56.9 Å². The van der Waals surface area contributed by atoms with Crippen molar-refractivity contribution in [1.29, 1.82) is 0 Å². The van der Waals surface area contributed by atoms with E-state index in [2.05, 4.69) is 25.4 Å². The highest BCUT2D eigenvalue weighted by Crippen LogP contribution is 2.30. The first-order valence-corrected chi connectivity index (χ1v) is 11.0. The highest BCUT2D eigenvalue weighted by Gasteiger charge is 2.22. The summed E-state index contributed by atoms with van der Waals surface area (Å²) in [5, 5.41) is 11.7. The molecule has 10 nitrogen and oxygen atoms in total. The largest absolute Gasteiger partial charge is 0.368 e. The Labute approximate surface area is 185 Å². The maximum atomic E-state index is 12.6. The Balaban J connectivity index is 1.34. The summed E-state index contributed by atoms with van der Waals surface area (Å²) in [4.78, 5) is 32.4. The molecule has 0 radical (unpaired) electrons. The first-order valence-electron chi connectivity index (χ1n) is 11.0. The summed E-state index contributed by atoms with van der Waals surface area (Å²) >= 11 is 0. The van der Waals surface area contributed by atoms with Crippen LogP contribution in [-0.2, 0) is 0 Å². The van der Waals surface area contributed by atoms with Crippen LogP contribution < -0.4 is 21.5 Å². The number of rotatable bonds is 4. The Kier molecular flexibility index (Phi) is 5.34. The normalized spacial score (nSPS) is 17.1. The van der Waals surface area contributed by atoms with Crippen molar-refractivity contribution in [2.45, 2.75) is 31.7 Å².